The zero-order valence-electron chi connectivity index (χ0n) is 12.3. The molecule has 106 valence electrons. The van der Waals surface area contributed by atoms with Crippen molar-refractivity contribution >= 4 is 0 Å². The second-order valence-electron chi connectivity index (χ2n) is 4.31. The molecular formula is C19H23F. The van der Waals surface area contributed by atoms with Crippen molar-refractivity contribution in [2.45, 2.75) is 20.3 Å². The predicted octanol–water partition coefficient (Wildman–Crippen LogP) is 5.79. The molecule has 0 saturated carbocycles. The van der Waals surface area contributed by atoms with E-state index in [2.05, 4.69) is 61.7 Å². The average molecular weight is 270 g/mol. The highest BCUT2D eigenvalue weighted by Gasteiger charge is 2.15. The molecule has 0 radical (unpaired) electrons. The molecule has 0 spiro atoms. The SMILES string of the molecule is C=CC.C=CC.F.c1ccc2c(c1)Cc1ccccc1-2. The lowest BCUT2D eigenvalue weighted by Crippen LogP contribution is -1.77. The van der Waals surface area contributed by atoms with Gasteiger partial charge in [0.05, 0.1) is 0 Å². The number of hydrogen-bond donors (Lipinski definition) is 0. The molecule has 0 bridgehead atoms. The first-order valence-corrected chi connectivity index (χ1v) is 6.58. The van der Waals surface area contributed by atoms with E-state index in [4.69, 9.17) is 0 Å². The van der Waals surface area contributed by atoms with Gasteiger partial charge in [-0.3, -0.25) is 4.70 Å². The second kappa shape index (κ2) is 9.74. The fraction of sp³-hybridized carbons (Fsp3) is 0.158. The van der Waals surface area contributed by atoms with Crippen LogP contribution in [0.25, 0.3) is 11.1 Å². The smallest absolute Gasteiger partial charge is 0.00135 e. The molecule has 0 N–H and O–H groups in total. The molecule has 1 aliphatic rings. The van der Waals surface area contributed by atoms with Crippen LogP contribution in [0.5, 0.6) is 0 Å². The number of halogens is 1. The summed E-state index contributed by atoms with van der Waals surface area (Å²) in [6.45, 7) is 10.5. The Morgan fingerprint density at radius 2 is 1.05 bits per heavy atom. The lowest BCUT2D eigenvalue weighted by molar-refractivity contribution is 1.11. The van der Waals surface area contributed by atoms with Crippen LogP contribution in [0.4, 0.5) is 4.70 Å². The summed E-state index contributed by atoms with van der Waals surface area (Å²) in [7, 11) is 0. The summed E-state index contributed by atoms with van der Waals surface area (Å²) in [6, 6.07) is 17.3. The molecule has 1 heteroatoms. The molecule has 3 rings (SSSR count). The maximum Gasteiger partial charge on any atom is -0.00135 e. The molecule has 0 saturated heterocycles. The van der Waals surface area contributed by atoms with Gasteiger partial charge in [-0.05, 0) is 42.5 Å². The van der Waals surface area contributed by atoms with Gasteiger partial charge in [-0.2, -0.15) is 0 Å². The quantitative estimate of drug-likeness (QED) is 0.453. The number of hydrogen-bond acceptors (Lipinski definition) is 0. The molecular weight excluding hydrogens is 247 g/mol. The Morgan fingerprint density at radius 3 is 1.40 bits per heavy atom. The molecule has 2 aromatic carbocycles. The summed E-state index contributed by atoms with van der Waals surface area (Å²) in [6.07, 6.45) is 4.60. The minimum atomic E-state index is 0. The van der Waals surface area contributed by atoms with Crippen LogP contribution in [-0.4, -0.2) is 0 Å². The number of fused-ring (bicyclic) bond motifs is 3. The van der Waals surface area contributed by atoms with Gasteiger partial charge in [0.1, 0.15) is 0 Å². The summed E-state index contributed by atoms with van der Waals surface area (Å²) in [4.78, 5) is 0. The van der Waals surface area contributed by atoms with Crippen molar-refractivity contribution in [3.05, 3.63) is 85.0 Å². The Kier molecular flexibility index (Phi) is 8.69. The van der Waals surface area contributed by atoms with E-state index in [0.29, 0.717) is 0 Å². The van der Waals surface area contributed by atoms with Crippen LogP contribution in [0.3, 0.4) is 0 Å². The minimum absolute atomic E-state index is 0. The van der Waals surface area contributed by atoms with Crippen LogP contribution >= 0.6 is 0 Å². The van der Waals surface area contributed by atoms with Crippen LogP contribution in [0.2, 0.25) is 0 Å². The molecule has 1 aliphatic carbocycles. The van der Waals surface area contributed by atoms with E-state index in [1.807, 2.05) is 13.8 Å². The first-order valence-electron chi connectivity index (χ1n) is 6.58. The van der Waals surface area contributed by atoms with Gasteiger partial charge in [0, 0.05) is 0 Å². The van der Waals surface area contributed by atoms with Crippen molar-refractivity contribution in [1.82, 2.24) is 0 Å². The molecule has 2 aromatic rings. The summed E-state index contributed by atoms with van der Waals surface area (Å²) < 4.78 is 0. The van der Waals surface area contributed by atoms with Crippen molar-refractivity contribution in [2.75, 3.05) is 0 Å². The summed E-state index contributed by atoms with van der Waals surface area (Å²) in [5.74, 6) is 0. The molecule has 20 heavy (non-hydrogen) atoms. The van der Waals surface area contributed by atoms with Crippen LogP contribution in [0, 0.1) is 0 Å². The van der Waals surface area contributed by atoms with Gasteiger partial charge >= 0.3 is 0 Å². The maximum absolute atomic E-state index is 3.36. The van der Waals surface area contributed by atoms with Crippen molar-refractivity contribution in [2.24, 2.45) is 0 Å². The number of benzene rings is 2. The summed E-state index contributed by atoms with van der Waals surface area (Å²) in [5.41, 5.74) is 5.75. The molecule has 0 atom stereocenters. The van der Waals surface area contributed by atoms with E-state index in [0.717, 1.165) is 6.42 Å². The van der Waals surface area contributed by atoms with Gasteiger partial charge in [-0.25, -0.2) is 0 Å². The van der Waals surface area contributed by atoms with E-state index in [-0.39, 0.29) is 4.70 Å². The molecule has 0 unspecified atom stereocenters. The third-order valence-electron chi connectivity index (χ3n) is 2.71. The standard InChI is InChI=1S/C13H10.2C3H6.FH/c1-3-7-12-10(5-1)9-11-6-2-4-8-13(11)12;2*1-3-2;/h1-8H,9H2;2*3H,1H2,2H3;1H. The van der Waals surface area contributed by atoms with Gasteiger partial charge < -0.3 is 0 Å². The third-order valence-corrected chi connectivity index (χ3v) is 2.71. The molecule has 0 heterocycles. The molecule has 0 aliphatic heterocycles. The van der Waals surface area contributed by atoms with Crippen molar-refractivity contribution in [1.29, 1.82) is 0 Å². The minimum Gasteiger partial charge on any atom is -0.269 e. The largest absolute Gasteiger partial charge is 0.269 e. The summed E-state index contributed by atoms with van der Waals surface area (Å²) >= 11 is 0. The molecule has 0 amide bonds. The van der Waals surface area contributed by atoms with E-state index in [9.17, 15) is 0 Å². The fourth-order valence-electron chi connectivity index (χ4n) is 2.08. The number of rotatable bonds is 0. The van der Waals surface area contributed by atoms with E-state index in [1.54, 1.807) is 12.2 Å². The van der Waals surface area contributed by atoms with E-state index in [1.165, 1.54) is 22.3 Å². The third kappa shape index (κ3) is 4.51. The van der Waals surface area contributed by atoms with Crippen LogP contribution in [-0.2, 0) is 6.42 Å². The Hall–Kier alpha value is -2.15. The van der Waals surface area contributed by atoms with E-state index >= 15 is 0 Å². The molecule has 0 aromatic heterocycles. The van der Waals surface area contributed by atoms with Gasteiger partial charge in [-0.1, -0.05) is 60.7 Å². The lowest BCUT2D eigenvalue weighted by atomic mass is 10.1. The highest BCUT2D eigenvalue weighted by Crippen LogP contribution is 2.35. The van der Waals surface area contributed by atoms with E-state index < -0.39 is 0 Å². The van der Waals surface area contributed by atoms with Gasteiger partial charge in [-0.15, -0.1) is 13.2 Å². The molecule has 0 nitrogen and oxygen atoms in total. The first kappa shape index (κ1) is 17.8. The normalized spacial score (nSPS) is 9.30. The highest BCUT2D eigenvalue weighted by atomic mass is 19.0. The Labute approximate surface area is 121 Å². The van der Waals surface area contributed by atoms with Crippen LogP contribution in [0.1, 0.15) is 25.0 Å². The van der Waals surface area contributed by atoms with Crippen LogP contribution in [0.15, 0.2) is 73.8 Å². The Balaban J connectivity index is 0.000000452. The molecule has 0 fully saturated rings. The predicted molar refractivity (Wildman–Crippen MR) is 88.9 cm³/mol. The zero-order chi connectivity index (χ0) is 14.1. The van der Waals surface area contributed by atoms with Gasteiger partial charge in [0.2, 0.25) is 0 Å². The van der Waals surface area contributed by atoms with Crippen molar-refractivity contribution in [3.8, 4) is 11.1 Å². The Bertz CT molecular complexity index is 491. The Morgan fingerprint density at radius 1 is 0.750 bits per heavy atom. The van der Waals surface area contributed by atoms with Crippen molar-refractivity contribution < 1.29 is 4.70 Å². The van der Waals surface area contributed by atoms with Crippen LogP contribution < -0.4 is 0 Å². The monoisotopic (exact) mass is 270 g/mol. The van der Waals surface area contributed by atoms with Gasteiger partial charge in [0.15, 0.2) is 0 Å². The second-order valence-corrected chi connectivity index (χ2v) is 4.31. The topological polar surface area (TPSA) is 0 Å². The lowest BCUT2D eigenvalue weighted by Gasteiger charge is -1.98. The maximum atomic E-state index is 3.36. The fourth-order valence-corrected chi connectivity index (χ4v) is 2.08. The zero-order valence-corrected chi connectivity index (χ0v) is 12.3. The number of allylic oxidation sites excluding steroid dienone is 2. The highest BCUT2D eigenvalue weighted by molar-refractivity contribution is 5.76. The summed E-state index contributed by atoms with van der Waals surface area (Å²) in [5, 5.41) is 0. The van der Waals surface area contributed by atoms with Gasteiger partial charge in [0.25, 0.3) is 0 Å². The average Bonchev–Trinajstić information content (AvgIpc) is 2.79. The van der Waals surface area contributed by atoms with Crippen molar-refractivity contribution in [3.63, 3.8) is 0 Å². The first-order chi connectivity index (χ1) is 9.28.